The Morgan fingerprint density at radius 1 is 1.24 bits per heavy atom. The van der Waals surface area contributed by atoms with E-state index in [9.17, 15) is 12.9 Å². The predicted octanol–water partition coefficient (Wildman–Crippen LogP) is 0.0405. The second-order valence-electron chi connectivity index (χ2n) is 3.57. The van der Waals surface area contributed by atoms with Gasteiger partial charge < -0.3 is 22.3 Å². The molecule has 17 heavy (non-hydrogen) atoms. The van der Waals surface area contributed by atoms with Crippen LogP contribution in [0.2, 0.25) is 0 Å². The summed E-state index contributed by atoms with van der Waals surface area (Å²) in [6, 6.07) is 6.70. The average molecular weight is 267 g/mol. The second-order valence-corrected chi connectivity index (χ2v) is 3.57. The molecule has 0 N–H and O–H groups in total. The average Bonchev–Trinajstić information content (AvgIpc) is 2.59. The van der Waals surface area contributed by atoms with E-state index in [1.54, 1.807) is 24.3 Å². The molecule has 2 nitrogen and oxygen atoms in total. The molecule has 86 valence electrons. The van der Waals surface area contributed by atoms with Crippen molar-refractivity contribution >= 4 is 17.9 Å². The van der Waals surface area contributed by atoms with Crippen molar-refractivity contribution in [1.82, 2.24) is 4.57 Å². The van der Waals surface area contributed by atoms with Crippen molar-refractivity contribution in [3.8, 4) is 5.75 Å². The third-order valence-corrected chi connectivity index (χ3v) is 2.40. The Kier molecular flexibility index (Phi) is 5.15. The summed E-state index contributed by atoms with van der Waals surface area (Å²) in [6.45, 7) is -4.83. The summed E-state index contributed by atoms with van der Waals surface area (Å²) >= 11 is 0. The van der Waals surface area contributed by atoms with E-state index in [1.165, 1.54) is 17.9 Å². The molecule has 0 unspecified atom stereocenters. The Morgan fingerprint density at radius 3 is 2.53 bits per heavy atom. The van der Waals surface area contributed by atoms with Gasteiger partial charge in [-0.2, -0.15) is 0 Å². The van der Waals surface area contributed by atoms with Crippen molar-refractivity contribution < 1.29 is 69.1 Å². The Labute approximate surface area is 140 Å². The zero-order valence-electron chi connectivity index (χ0n) is 9.66. The number of benzene rings is 1. The maximum Gasteiger partial charge on any atom is 1.00 e. The summed E-state index contributed by atoms with van der Waals surface area (Å²) in [5.74, 6) is 0.589. The number of hydrogen-bond donors (Lipinski definition) is 0. The fourth-order valence-corrected chi connectivity index (χ4v) is 1.76. The van der Waals surface area contributed by atoms with Gasteiger partial charge >= 0.3 is 58.4 Å². The molecule has 0 fully saturated rings. The van der Waals surface area contributed by atoms with Gasteiger partial charge in [0.15, 0.2) is 0 Å². The first kappa shape index (κ1) is 15.1. The van der Waals surface area contributed by atoms with Gasteiger partial charge in [0, 0.05) is 17.1 Å². The molecule has 0 atom stereocenters. The van der Waals surface area contributed by atoms with Crippen LogP contribution in [0.4, 0.5) is 12.9 Å². The largest absolute Gasteiger partial charge is 1.00 e. The van der Waals surface area contributed by atoms with Gasteiger partial charge in [-0.3, -0.25) is 0 Å². The van der Waals surface area contributed by atoms with Crippen LogP contribution in [0.25, 0.3) is 10.9 Å². The topological polar surface area (TPSA) is 14.2 Å². The number of ether oxygens (including phenoxy) is 1. The monoisotopic (exact) mass is 267 g/mol. The maximum atomic E-state index is 12.3. The van der Waals surface area contributed by atoms with Gasteiger partial charge in [0.05, 0.1) is 7.11 Å². The van der Waals surface area contributed by atoms with E-state index in [0.717, 1.165) is 0 Å². The van der Waals surface area contributed by atoms with Gasteiger partial charge in [-0.1, -0.05) is 6.07 Å². The van der Waals surface area contributed by atoms with Crippen LogP contribution in [-0.2, 0) is 6.44 Å². The molecule has 2 aromatic rings. The first-order chi connectivity index (χ1) is 7.51. The molecule has 1 aromatic carbocycles. The van der Waals surface area contributed by atoms with E-state index >= 15 is 0 Å². The van der Waals surface area contributed by atoms with E-state index in [0.29, 0.717) is 16.7 Å². The minimum Gasteiger partial charge on any atom is -0.496 e. The first-order valence-corrected chi connectivity index (χ1v) is 4.84. The normalized spacial score (nSPS) is 11.3. The molecule has 0 aliphatic heterocycles. The van der Waals surface area contributed by atoms with Crippen molar-refractivity contribution in [2.45, 2.75) is 6.44 Å². The van der Waals surface area contributed by atoms with E-state index in [1.807, 2.05) is 0 Å². The van der Waals surface area contributed by atoms with Crippen molar-refractivity contribution in [3.05, 3.63) is 30.5 Å². The summed E-state index contributed by atoms with van der Waals surface area (Å²) in [7, 11) is 1.50. The number of hydrogen-bond acceptors (Lipinski definition) is 1. The first-order valence-electron chi connectivity index (χ1n) is 4.84. The Balaban J connectivity index is 0.00000144. The van der Waals surface area contributed by atoms with Crippen molar-refractivity contribution in [2.24, 2.45) is 0 Å². The zero-order valence-corrected chi connectivity index (χ0v) is 12.8. The van der Waals surface area contributed by atoms with Crippen LogP contribution in [0.1, 0.15) is 0 Å². The van der Waals surface area contributed by atoms with E-state index in [4.69, 9.17) is 4.74 Å². The third kappa shape index (κ3) is 3.51. The number of rotatable bonds is 3. The predicted molar refractivity (Wildman–Crippen MR) is 57.6 cm³/mol. The standard InChI is InChI=1S/C10H10BF3NO.K/c1-16-10-4-2-3-9-8(10)5-6-15(9)7-11(12,13)14;/h2-6H,7H2,1H3;/q-1;+1. The third-order valence-electron chi connectivity index (χ3n) is 2.40. The number of halogens is 3. The summed E-state index contributed by atoms with van der Waals surface area (Å²) in [6.07, 6.45) is 0.513. The molecule has 2 rings (SSSR count). The van der Waals surface area contributed by atoms with Gasteiger partial charge in [0.25, 0.3) is 0 Å². The summed E-state index contributed by atoms with van der Waals surface area (Å²) < 4.78 is 43.3. The van der Waals surface area contributed by atoms with Crippen molar-refractivity contribution in [1.29, 1.82) is 0 Å². The van der Waals surface area contributed by atoms with Crippen molar-refractivity contribution in [3.63, 3.8) is 0 Å². The summed E-state index contributed by atoms with van der Waals surface area (Å²) in [4.78, 5) is 0. The Hall–Kier alpha value is 0.0513. The molecule has 0 saturated heterocycles. The smallest absolute Gasteiger partial charge is 0.496 e. The summed E-state index contributed by atoms with van der Waals surface area (Å²) in [5, 5.41) is 0.699. The molecule has 0 aliphatic rings. The van der Waals surface area contributed by atoms with Gasteiger partial charge in [0.2, 0.25) is 0 Å². The van der Waals surface area contributed by atoms with Crippen LogP contribution < -0.4 is 56.1 Å². The van der Waals surface area contributed by atoms with Crippen LogP contribution in [0.15, 0.2) is 30.5 Å². The van der Waals surface area contributed by atoms with Gasteiger partial charge in [-0.05, 0) is 24.6 Å². The SMILES string of the molecule is COc1cccc2c1ccn2C[B-](F)(F)F.[K+]. The van der Waals surface area contributed by atoms with Gasteiger partial charge in [-0.15, -0.1) is 0 Å². The zero-order chi connectivity index (χ0) is 11.8. The minimum absolute atomic E-state index is 0. The molecule has 0 spiro atoms. The number of nitrogens with zero attached hydrogens (tertiary/aromatic N) is 1. The molecular weight excluding hydrogens is 257 g/mol. The Morgan fingerprint density at radius 2 is 1.94 bits per heavy atom. The van der Waals surface area contributed by atoms with Crippen LogP contribution in [0, 0.1) is 0 Å². The second kappa shape index (κ2) is 5.79. The fraction of sp³-hybridized carbons (Fsp3) is 0.200. The number of methoxy groups -OCH3 is 1. The quantitative estimate of drug-likeness (QED) is 0.716. The molecule has 0 radical (unpaired) electrons. The van der Waals surface area contributed by atoms with Crippen LogP contribution in [-0.4, -0.2) is 18.7 Å². The molecule has 0 amide bonds. The molecular formula is C10H10BF3KNO. The molecule has 1 heterocycles. The summed E-state index contributed by atoms with van der Waals surface area (Å²) in [5.41, 5.74) is 0.540. The van der Waals surface area contributed by atoms with Crippen LogP contribution in [0.3, 0.4) is 0 Å². The van der Waals surface area contributed by atoms with Crippen LogP contribution in [0.5, 0.6) is 5.75 Å². The number of fused-ring (bicyclic) bond motifs is 1. The number of aromatic nitrogens is 1. The van der Waals surface area contributed by atoms with Crippen LogP contribution >= 0.6 is 0 Å². The Bertz CT molecular complexity index is 512. The minimum atomic E-state index is -4.83. The molecule has 1 aromatic heterocycles. The fourth-order valence-electron chi connectivity index (χ4n) is 1.76. The molecule has 7 heteroatoms. The molecule has 0 aliphatic carbocycles. The van der Waals surface area contributed by atoms with E-state index < -0.39 is 13.4 Å². The molecule has 0 saturated carbocycles. The van der Waals surface area contributed by atoms with Gasteiger partial charge in [0.1, 0.15) is 5.75 Å². The van der Waals surface area contributed by atoms with E-state index in [2.05, 4.69) is 0 Å². The maximum absolute atomic E-state index is 12.3. The molecule has 0 bridgehead atoms. The van der Waals surface area contributed by atoms with E-state index in [-0.39, 0.29) is 51.4 Å². The van der Waals surface area contributed by atoms with Gasteiger partial charge in [-0.25, -0.2) is 0 Å². The van der Waals surface area contributed by atoms with Crippen molar-refractivity contribution in [2.75, 3.05) is 7.11 Å².